The summed E-state index contributed by atoms with van der Waals surface area (Å²) in [6.07, 6.45) is 2.43. The minimum absolute atomic E-state index is 0.0390. The van der Waals surface area contributed by atoms with Crippen molar-refractivity contribution in [1.29, 1.82) is 0 Å². The minimum atomic E-state index is 0.0390. The highest BCUT2D eigenvalue weighted by molar-refractivity contribution is 5.52. The van der Waals surface area contributed by atoms with Crippen LogP contribution in [0, 0.1) is 6.92 Å². The van der Waals surface area contributed by atoms with Crippen molar-refractivity contribution in [3.05, 3.63) is 47.2 Å². The number of nitrogens with two attached hydrogens (primary N) is 1. The van der Waals surface area contributed by atoms with E-state index in [0.29, 0.717) is 23.6 Å². The molecule has 1 atom stereocenters. The smallest absolute Gasteiger partial charge is 0.235 e. The summed E-state index contributed by atoms with van der Waals surface area (Å²) in [7, 11) is 0. The largest absolute Gasteiger partial charge is 0.368 e. The lowest BCUT2D eigenvalue weighted by molar-refractivity contribution is 0.856. The van der Waals surface area contributed by atoms with Crippen LogP contribution in [0.4, 0.5) is 23.7 Å². The van der Waals surface area contributed by atoms with Gasteiger partial charge < -0.3 is 16.4 Å². The van der Waals surface area contributed by atoms with Gasteiger partial charge in [-0.1, -0.05) is 29.8 Å². The Hall–Kier alpha value is -3.16. The van der Waals surface area contributed by atoms with Gasteiger partial charge in [0.25, 0.3) is 0 Å². The van der Waals surface area contributed by atoms with Crippen LogP contribution in [0.3, 0.4) is 0 Å². The predicted octanol–water partition coefficient (Wildman–Crippen LogP) is 3.28. The monoisotopic (exact) mass is 350 g/mol. The molecule has 0 spiro atoms. The second kappa shape index (κ2) is 6.62. The Morgan fingerprint density at radius 2 is 1.85 bits per heavy atom. The molecule has 1 unspecified atom stereocenters. The predicted molar refractivity (Wildman–Crippen MR) is 101 cm³/mol. The zero-order valence-electron chi connectivity index (χ0n) is 14.8. The van der Waals surface area contributed by atoms with Gasteiger partial charge in [0.15, 0.2) is 5.82 Å². The minimum Gasteiger partial charge on any atom is -0.368 e. The van der Waals surface area contributed by atoms with Crippen LogP contribution in [0.2, 0.25) is 0 Å². The molecule has 1 saturated carbocycles. The Labute approximate surface area is 151 Å². The molecule has 8 heteroatoms. The van der Waals surface area contributed by atoms with Crippen molar-refractivity contribution in [2.45, 2.75) is 38.6 Å². The maximum Gasteiger partial charge on any atom is 0.235 e. The average molecular weight is 350 g/mol. The van der Waals surface area contributed by atoms with Crippen LogP contribution in [0.5, 0.6) is 0 Å². The number of hydrogen-bond donors (Lipinski definition) is 4. The molecule has 4 rings (SSSR count). The fraction of sp³-hybridized carbons (Fsp3) is 0.333. The Morgan fingerprint density at radius 1 is 1.12 bits per heavy atom. The molecule has 0 aliphatic heterocycles. The van der Waals surface area contributed by atoms with E-state index >= 15 is 0 Å². The van der Waals surface area contributed by atoms with E-state index in [1.165, 1.54) is 18.4 Å². The number of hydrogen-bond acceptors (Lipinski definition) is 7. The third-order valence-electron chi connectivity index (χ3n) is 4.43. The van der Waals surface area contributed by atoms with Crippen LogP contribution >= 0.6 is 0 Å². The van der Waals surface area contributed by atoms with E-state index in [-0.39, 0.29) is 12.0 Å². The lowest BCUT2D eigenvalue weighted by Crippen LogP contribution is -2.12. The van der Waals surface area contributed by atoms with Gasteiger partial charge in [0.1, 0.15) is 0 Å². The summed E-state index contributed by atoms with van der Waals surface area (Å²) in [6, 6.07) is 10.4. The molecule has 3 aromatic rings. The van der Waals surface area contributed by atoms with Gasteiger partial charge in [0.05, 0.1) is 6.04 Å². The third kappa shape index (κ3) is 3.74. The quantitative estimate of drug-likeness (QED) is 0.539. The molecule has 1 aromatic carbocycles. The Kier molecular flexibility index (Phi) is 4.16. The Balaban J connectivity index is 1.48. The van der Waals surface area contributed by atoms with Crippen LogP contribution < -0.4 is 16.4 Å². The number of aromatic nitrogens is 5. The molecular weight excluding hydrogens is 328 g/mol. The lowest BCUT2D eigenvalue weighted by atomic mass is 10.1. The van der Waals surface area contributed by atoms with Crippen molar-refractivity contribution in [1.82, 2.24) is 25.1 Å². The summed E-state index contributed by atoms with van der Waals surface area (Å²) in [5.74, 6) is 2.22. The van der Waals surface area contributed by atoms with Gasteiger partial charge in [-0.3, -0.25) is 5.10 Å². The molecule has 8 nitrogen and oxygen atoms in total. The average Bonchev–Trinajstić information content (AvgIpc) is 3.35. The van der Waals surface area contributed by atoms with E-state index in [4.69, 9.17) is 5.73 Å². The topological polar surface area (TPSA) is 117 Å². The van der Waals surface area contributed by atoms with Crippen LogP contribution in [0.1, 0.15) is 48.5 Å². The van der Waals surface area contributed by atoms with Gasteiger partial charge >= 0.3 is 0 Å². The molecule has 26 heavy (non-hydrogen) atoms. The molecule has 134 valence electrons. The number of benzene rings is 1. The summed E-state index contributed by atoms with van der Waals surface area (Å²) in [4.78, 5) is 12.7. The number of rotatable bonds is 6. The molecule has 2 aromatic heterocycles. The summed E-state index contributed by atoms with van der Waals surface area (Å²) < 4.78 is 0. The highest BCUT2D eigenvalue weighted by Crippen LogP contribution is 2.39. The number of nitrogen functional groups attached to an aromatic ring is 1. The number of nitrogens with one attached hydrogen (secondary N) is 3. The van der Waals surface area contributed by atoms with E-state index in [1.54, 1.807) is 0 Å². The zero-order chi connectivity index (χ0) is 18.1. The second-order valence-corrected chi connectivity index (χ2v) is 6.73. The molecule has 0 radical (unpaired) electrons. The summed E-state index contributed by atoms with van der Waals surface area (Å²) in [5.41, 5.74) is 9.35. The first-order chi connectivity index (χ1) is 12.6. The van der Waals surface area contributed by atoms with Gasteiger partial charge in [0.2, 0.25) is 17.8 Å². The number of anilines is 4. The summed E-state index contributed by atoms with van der Waals surface area (Å²) in [5, 5.41) is 13.6. The summed E-state index contributed by atoms with van der Waals surface area (Å²) in [6.45, 7) is 4.11. The molecule has 2 heterocycles. The fourth-order valence-corrected chi connectivity index (χ4v) is 2.76. The summed E-state index contributed by atoms with van der Waals surface area (Å²) >= 11 is 0. The van der Waals surface area contributed by atoms with Crippen molar-refractivity contribution in [3.63, 3.8) is 0 Å². The highest BCUT2D eigenvalue weighted by atomic mass is 15.3. The molecule has 0 amide bonds. The van der Waals surface area contributed by atoms with Gasteiger partial charge in [-0.2, -0.15) is 20.1 Å². The number of H-pyrrole nitrogens is 1. The number of nitrogens with zero attached hydrogens (tertiary/aromatic N) is 4. The normalized spacial score (nSPS) is 14.8. The molecule has 0 bridgehead atoms. The van der Waals surface area contributed by atoms with Crippen LogP contribution in [0.25, 0.3) is 0 Å². The zero-order valence-corrected chi connectivity index (χ0v) is 14.8. The van der Waals surface area contributed by atoms with Crippen LogP contribution in [0.15, 0.2) is 30.3 Å². The van der Waals surface area contributed by atoms with E-state index in [2.05, 4.69) is 67.0 Å². The number of aryl methyl sites for hydroxylation is 1. The lowest BCUT2D eigenvalue weighted by Gasteiger charge is -2.15. The van der Waals surface area contributed by atoms with Crippen molar-refractivity contribution < 1.29 is 0 Å². The first-order valence-electron chi connectivity index (χ1n) is 8.74. The maximum absolute atomic E-state index is 5.84. The van der Waals surface area contributed by atoms with Crippen molar-refractivity contribution >= 4 is 23.7 Å². The van der Waals surface area contributed by atoms with Crippen molar-refractivity contribution in [2.75, 3.05) is 16.4 Å². The fourth-order valence-electron chi connectivity index (χ4n) is 2.76. The highest BCUT2D eigenvalue weighted by Gasteiger charge is 2.25. The van der Waals surface area contributed by atoms with Gasteiger partial charge in [-0.15, -0.1) is 0 Å². The Morgan fingerprint density at radius 3 is 2.58 bits per heavy atom. The second-order valence-electron chi connectivity index (χ2n) is 6.73. The van der Waals surface area contributed by atoms with Gasteiger partial charge in [-0.05, 0) is 32.3 Å². The van der Waals surface area contributed by atoms with E-state index in [9.17, 15) is 0 Å². The van der Waals surface area contributed by atoms with Crippen molar-refractivity contribution in [3.8, 4) is 0 Å². The molecular formula is C18H22N8. The molecule has 1 aliphatic carbocycles. The number of aromatic amines is 1. The van der Waals surface area contributed by atoms with E-state index in [1.807, 2.05) is 13.0 Å². The maximum atomic E-state index is 5.84. The molecule has 1 fully saturated rings. The standard InChI is InChI=1S/C18H22N8/c1-10-3-5-12(6-4-10)11(2)20-17-22-16(19)23-18(24-17)21-15-9-14(25-26-15)13-7-8-13/h3-6,9,11,13H,7-8H2,1-2H3,(H5,19,20,21,22,23,24,25,26). The first-order valence-corrected chi connectivity index (χ1v) is 8.74. The van der Waals surface area contributed by atoms with Crippen LogP contribution in [-0.4, -0.2) is 25.1 Å². The SMILES string of the molecule is Cc1ccc(C(C)Nc2nc(N)nc(Nc3cc(C4CC4)[nH]n3)n2)cc1. The first kappa shape index (κ1) is 16.3. The van der Waals surface area contributed by atoms with Gasteiger partial charge in [-0.25, -0.2) is 0 Å². The van der Waals surface area contributed by atoms with Crippen LogP contribution in [-0.2, 0) is 0 Å². The van der Waals surface area contributed by atoms with Gasteiger partial charge in [0, 0.05) is 17.7 Å². The third-order valence-corrected chi connectivity index (χ3v) is 4.43. The molecule has 5 N–H and O–H groups in total. The van der Waals surface area contributed by atoms with E-state index < -0.39 is 0 Å². The Bertz CT molecular complexity index is 898. The van der Waals surface area contributed by atoms with E-state index in [0.717, 1.165) is 11.3 Å². The molecule has 0 saturated heterocycles. The molecule has 1 aliphatic rings. The van der Waals surface area contributed by atoms with Crippen molar-refractivity contribution in [2.24, 2.45) is 0 Å².